The number of aromatic nitrogens is 4. The highest BCUT2D eigenvalue weighted by Crippen LogP contribution is 2.25. The van der Waals surface area contributed by atoms with Gasteiger partial charge in [0.1, 0.15) is 5.75 Å². The van der Waals surface area contributed by atoms with Gasteiger partial charge < -0.3 is 19.9 Å². The molecule has 1 aliphatic rings. The molecule has 1 saturated heterocycles. The van der Waals surface area contributed by atoms with Gasteiger partial charge in [0, 0.05) is 38.3 Å². The molecule has 0 saturated carbocycles. The third kappa shape index (κ3) is 5.67. The fourth-order valence-corrected chi connectivity index (χ4v) is 4.48. The van der Waals surface area contributed by atoms with Crippen molar-refractivity contribution in [3.63, 3.8) is 0 Å². The van der Waals surface area contributed by atoms with Gasteiger partial charge in [-0.2, -0.15) is 4.98 Å². The Morgan fingerprint density at radius 1 is 1.24 bits per heavy atom. The summed E-state index contributed by atoms with van der Waals surface area (Å²) in [7, 11) is 1.45. The quantitative estimate of drug-likeness (QED) is 0.366. The summed E-state index contributed by atoms with van der Waals surface area (Å²) < 4.78 is 45.4. The molecule has 0 amide bonds. The molecule has 4 rings (SSSR count). The molecular formula is C25H29F3N6O4. The highest BCUT2D eigenvalue weighted by Gasteiger charge is 2.31. The van der Waals surface area contributed by atoms with Gasteiger partial charge in [-0.1, -0.05) is 23.8 Å². The van der Waals surface area contributed by atoms with Crippen molar-refractivity contribution in [2.24, 2.45) is 12.8 Å². The van der Waals surface area contributed by atoms with Crippen LogP contribution in [0.3, 0.4) is 0 Å². The Kier molecular flexibility index (Phi) is 7.49. The van der Waals surface area contributed by atoms with Crippen molar-refractivity contribution in [3.8, 4) is 5.75 Å². The maximum absolute atomic E-state index is 13.6. The Balaban J connectivity index is 1.80. The Morgan fingerprint density at radius 2 is 1.97 bits per heavy atom. The molecule has 0 radical (unpaired) electrons. The van der Waals surface area contributed by atoms with E-state index >= 15 is 0 Å². The lowest BCUT2D eigenvalue weighted by Crippen LogP contribution is -2.44. The highest BCUT2D eigenvalue weighted by molar-refractivity contribution is 5.96. The number of aryl methyl sites for hydroxylation is 1. The average Bonchev–Trinajstić information content (AvgIpc) is 3.23. The summed E-state index contributed by atoms with van der Waals surface area (Å²) in [5.74, 6) is -0.808. The number of nitrogens with two attached hydrogens (primary N) is 1. The topological polar surface area (TPSA) is 117 Å². The summed E-state index contributed by atoms with van der Waals surface area (Å²) in [4.78, 5) is 46.4. The number of carbonyl (C=O) groups excluding carboxylic acids is 1. The van der Waals surface area contributed by atoms with Crippen molar-refractivity contribution in [1.29, 1.82) is 0 Å². The smallest absolute Gasteiger partial charge is 0.406 e. The minimum Gasteiger partial charge on any atom is -0.406 e. The predicted molar refractivity (Wildman–Crippen MR) is 136 cm³/mol. The number of Topliss-reactive ketones (excluding diaryl/α,β-unsaturated/α-hetero) is 1. The summed E-state index contributed by atoms with van der Waals surface area (Å²) in [6, 6.07) is 4.42. The summed E-state index contributed by atoms with van der Waals surface area (Å²) >= 11 is 0. The van der Waals surface area contributed by atoms with E-state index in [1.807, 2.05) is 24.8 Å². The number of imidazole rings is 1. The molecule has 13 heteroatoms. The van der Waals surface area contributed by atoms with E-state index in [0.717, 1.165) is 35.1 Å². The van der Waals surface area contributed by atoms with Crippen molar-refractivity contribution >= 4 is 22.9 Å². The van der Waals surface area contributed by atoms with Crippen molar-refractivity contribution in [3.05, 3.63) is 62.3 Å². The fourth-order valence-electron chi connectivity index (χ4n) is 4.48. The number of anilines is 1. The Morgan fingerprint density at radius 3 is 2.63 bits per heavy atom. The molecule has 3 heterocycles. The first-order valence-corrected chi connectivity index (χ1v) is 12.1. The first kappa shape index (κ1) is 27.2. The van der Waals surface area contributed by atoms with E-state index in [0.29, 0.717) is 25.6 Å². The second-order valence-electron chi connectivity index (χ2n) is 9.56. The van der Waals surface area contributed by atoms with Crippen LogP contribution in [0.2, 0.25) is 0 Å². The fraction of sp³-hybridized carbons (Fsp3) is 0.440. The van der Waals surface area contributed by atoms with Gasteiger partial charge in [-0.05, 0) is 38.8 Å². The molecule has 10 nitrogen and oxygen atoms in total. The highest BCUT2D eigenvalue weighted by atomic mass is 19.4. The maximum atomic E-state index is 13.6. The van der Waals surface area contributed by atoms with Crippen LogP contribution in [-0.2, 0) is 20.1 Å². The molecule has 2 aromatic heterocycles. The van der Waals surface area contributed by atoms with E-state index in [2.05, 4.69) is 9.72 Å². The zero-order valence-electron chi connectivity index (χ0n) is 21.3. The minimum atomic E-state index is -4.93. The van der Waals surface area contributed by atoms with Crippen LogP contribution in [0.1, 0.15) is 37.0 Å². The number of carbonyl (C=O) groups is 1. The van der Waals surface area contributed by atoms with E-state index < -0.39 is 35.7 Å². The van der Waals surface area contributed by atoms with Gasteiger partial charge in [0.05, 0.1) is 6.54 Å². The predicted octanol–water partition coefficient (Wildman–Crippen LogP) is 2.57. The summed E-state index contributed by atoms with van der Waals surface area (Å²) in [6.45, 7) is 4.68. The van der Waals surface area contributed by atoms with E-state index in [-0.39, 0.29) is 22.8 Å². The van der Waals surface area contributed by atoms with Crippen LogP contribution in [0.25, 0.3) is 11.2 Å². The molecule has 3 aromatic rings. The zero-order valence-corrected chi connectivity index (χ0v) is 21.3. The van der Waals surface area contributed by atoms with E-state index in [9.17, 15) is 27.6 Å². The van der Waals surface area contributed by atoms with Gasteiger partial charge >= 0.3 is 12.1 Å². The number of allylic oxidation sites excluding steroid dienone is 2. The number of hydrogen-bond donors (Lipinski definition) is 1. The Hall–Kier alpha value is -3.87. The second kappa shape index (κ2) is 10.5. The van der Waals surface area contributed by atoms with Gasteiger partial charge in [0.15, 0.2) is 16.9 Å². The summed E-state index contributed by atoms with van der Waals surface area (Å²) in [5.41, 5.74) is 5.86. The lowest BCUT2D eigenvalue weighted by Gasteiger charge is -2.31. The largest absolute Gasteiger partial charge is 0.573 e. The lowest BCUT2D eigenvalue weighted by molar-refractivity contribution is -0.274. The van der Waals surface area contributed by atoms with Crippen molar-refractivity contribution in [1.82, 2.24) is 18.7 Å². The maximum Gasteiger partial charge on any atom is 0.573 e. The first-order valence-electron chi connectivity index (χ1n) is 12.1. The third-order valence-electron chi connectivity index (χ3n) is 6.33. The number of fused-ring (bicyclic) bond motifs is 1. The number of ketones is 1. The van der Waals surface area contributed by atoms with Gasteiger partial charge in [-0.25, -0.2) is 4.79 Å². The van der Waals surface area contributed by atoms with Gasteiger partial charge in [-0.15, -0.1) is 13.2 Å². The Labute approximate surface area is 215 Å². The standard InChI is InChI=1S/C25H29F3N6O4/c1-15(2)9-11-33-20-21(30-23(33)32-10-5-7-17(29)13-32)31(3)24(37)34(22(20)36)14-19(35)16-6-4-8-18(12-16)38-25(26,27)28/h4,6,8-9,12,17H,5,7,10-11,13-14,29H2,1-3H3. The minimum absolute atomic E-state index is 0.0596. The summed E-state index contributed by atoms with van der Waals surface area (Å²) in [6.07, 6.45) is -1.30. The van der Waals surface area contributed by atoms with Crippen LogP contribution in [0.4, 0.5) is 19.1 Å². The number of benzene rings is 1. The number of rotatable bonds is 7. The molecule has 38 heavy (non-hydrogen) atoms. The van der Waals surface area contributed by atoms with Crippen LogP contribution in [0.5, 0.6) is 5.75 Å². The van der Waals surface area contributed by atoms with Gasteiger partial charge in [-0.3, -0.25) is 18.7 Å². The number of piperidine rings is 1. The van der Waals surface area contributed by atoms with Crippen LogP contribution in [0.15, 0.2) is 45.5 Å². The van der Waals surface area contributed by atoms with Crippen LogP contribution < -0.4 is 26.6 Å². The molecule has 1 atom stereocenters. The molecule has 0 spiro atoms. The summed E-state index contributed by atoms with van der Waals surface area (Å²) in [5, 5.41) is 0. The molecule has 2 N–H and O–H groups in total. The number of nitrogens with zero attached hydrogens (tertiary/aromatic N) is 5. The van der Waals surface area contributed by atoms with E-state index in [1.165, 1.54) is 23.7 Å². The van der Waals surface area contributed by atoms with Crippen LogP contribution >= 0.6 is 0 Å². The van der Waals surface area contributed by atoms with Crippen molar-refractivity contribution in [2.75, 3.05) is 18.0 Å². The molecule has 1 aromatic carbocycles. The molecule has 1 fully saturated rings. The van der Waals surface area contributed by atoms with Crippen molar-refractivity contribution in [2.45, 2.75) is 52.2 Å². The molecule has 0 bridgehead atoms. The molecule has 204 valence electrons. The average molecular weight is 535 g/mol. The third-order valence-corrected chi connectivity index (χ3v) is 6.33. The second-order valence-corrected chi connectivity index (χ2v) is 9.56. The van der Waals surface area contributed by atoms with Crippen molar-refractivity contribution < 1.29 is 22.7 Å². The number of halogens is 3. The number of ether oxygens (including phenoxy) is 1. The first-order chi connectivity index (χ1) is 17.9. The van der Waals surface area contributed by atoms with Crippen LogP contribution in [-0.4, -0.2) is 50.0 Å². The molecule has 0 aliphatic carbocycles. The van der Waals surface area contributed by atoms with E-state index in [4.69, 9.17) is 5.73 Å². The number of hydrogen-bond acceptors (Lipinski definition) is 7. The normalized spacial score (nSPS) is 16.1. The lowest BCUT2D eigenvalue weighted by atomic mass is 10.1. The van der Waals surface area contributed by atoms with Gasteiger partial charge in [0.2, 0.25) is 5.95 Å². The molecule has 1 aliphatic heterocycles. The number of alkyl halides is 3. The van der Waals surface area contributed by atoms with Gasteiger partial charge in [0.25, 0.3) is 5.56 Å². The van der Waals surface area contributed by atoms with Crippen LogP contribution in [0, 0.1) is 0 Å². The molecule has 1 unspecified atom stereocenters. The zero-order chi connectivity index (χ0) is 27.8. The van der Waals surface area contributed by atoms with E-state index in [1.54, 1.807) is 4.57 Å². The monoisotopic (exact) mass is 534 g/mol. The molecular weight excluding hydrogens is 505 g/mol. The SMILES string of the molecule is CC(C)=CCn1c(N2CCCC(N)C2)nc2c1c(=O)n(CC(=O)c1cccc(OC(F)(F)F)c1)c(=O)n2C. The Bertz CT molecular complexity index is 1510.